The topological polar surface area (TPSA) is 57.7 Å². The molecule has 0 N–H and O–H groups in total. The summed E-state index contributed by atoms with van der Waals surface area (Å²) in [4.78, 5) is 15.2. The highest BCUT2D eigenvalue weighted by Crippen LogP contribution is 2.37. The second-order valence-corrected chi connectivity index (χ2v) is 4.17. The number of ether oxygens (including phenoxy) is 3. The number of carbonyl (C=O) groups is 1. The van der Waals surface area contributed by atoms with E-state index in [1.165, 1.54) is 29.7 Å². The summed E-state index contributed by atoms with van der Waals surface area (Å²) in [5, 5.41) is 0. The molecular formula is C10H9F3INO4. The van der Waals surface area contributed by atoms with Gasteiger partial charge in [-0.3, -0.25) is 0 Å². The van der Waals surface area contributed by atoms with E-state index >= 15 is 0 Å². The molecule has 106 valence electrons. The van der Waals surface area contributed by atoms with Crippen molar-refractivity contribution in [3.05, 3.63) is 15.5 Å². The van der Waals surface area contributed by atoms with Crippen molar-refractivity contribution in [3.63, 3.8) is 0 Å². The van der Waals surface area contributed by atoms with Crippen LogP contribution in [-0.4, -0.2) is 31.0 Å². The predicted octanol–water partition coefficient (Wildman–Crippen LogP) is 2.77. The fourth-order valence-electron chi connectivity index (χ4n) is 1.15. The smallest absolute Gasteiger partial charge is 0.491 e. The van der Waals surface area contributed by atoms with Gasteiger partial charge in [-0.15, -0.1) is 13.2 Å². The Labute approximate surface area is 120 Å². The van der Waals surface area contributed by atoms with Gasteiger partial charge in [0.25, 0.3) is 0 Å². The minimum Gasteiger partial charge on any atom is -0.491 e. The molecule has 5 nitrogen and oxygen atoms in total. The average molecular weight is 391 g/mol. The van der Waals surface area contributed by atoms with Gasteiger partial charge in [0.05, 0.1) is 23.5 Å². The highest BCUT2D eigenvalue weighted by atomic mass is 127. The molecule has 0 aliphatic heterocycles. The second kappa shape index (κ2) is 6.26. The van der Waals surface area contributed by atoms with Crippen molar-refractivity contribution in [2.45, 2.75) is 13.3 Å². The fourth-order valence-corrected chi connectivity index (χ4v) is 1.89. The molecule has 1 aromatic rings. The molecule has 0 atom stereocenters. The Morgan fingerprint density at radius 2 is 2.11 bits per heavy atom. The summed E-state index contributed by atoms with van der Waals surface area (Å²) in [5.41, 5.74) is -0.262. The van der Waals surface area contributed by atoms with Crippen LogP contribution in [0.4, 0.5) is 13.2 Å². The molecule has 1 aromatic heterocycles. The highest BCUT2D eigenvalue weighted by molar-refractivity contribution is 14.1. The maximum absolute atomic E-state index is 12.3. The molecule has 0 spiro atoms. The molecule has 0 saturated heterocycles. The Kier molecular flexibility index (Phi) is 5.20. The van der Waals surface area contributed by atoms with Gasteiger partial charge >= 0.3 is 12.3 Å². The molecular weight excluding hydrogens is 382 g/mol. The average Bonchev–Trinajstić information content (AvgIpc) is 2.30. The van der Waals surface area contributed by atoms with Crippen LogP contribution in [0.3, 0.4) is 0 Å². The van der Waals surface area contributed by atoms with Gasteiger partial charge in [0.1, 0.15) is 0 Å². The van der Waals surface area contributed by atoms with Gasteiger partial charge in [-0.2, -0.15) is 0 Å². The zero-order valence-corrected chi connectivity index (χ0v) is 12.0. The maximum Gasteiger partial charge on any atom is 0.573 e. The summed E-state index contributed by atoms with van der Waals surface area (Å²) in [6.45, 7) is 1.65. The summed E-state index contributed by atoms with van der Waals surface area (Å²) in [6.07, 6.45) is -3.93. The van der Waals surface area contributed by atoms with Crippen LogP contribution < -0.4 is 9.47 Å². The molecule has 0 radical (unpaired) electrons. The number of hydrogen-bond acceptors (Lipinski definition) is 5. The molecule has 19 heavy (non-hydrogen) atoms. The number of aromatic nitrogens is 1. The zero-order valence-electron chi connectivity index (χ0n) is 9.88. The summed E-state index contributed by atoms with van der Waals surface area (Å²) in [7, 11) is 1.17. The Hall–Kier alpha value is -1.26. The van der Waals surface area contributed by atoms with E-state index in [1.807, 2.05) is 0 Å². The first-order chi connectivity index (χ1) is 8.80. The van der Waals surface area contributed by atoms with Gasteiger partial charge in [-0.1, -0.05) is 0 Å². The number of esters is 1. The Balaban J connectivity index is 3.25. The van der Waals surface area contributed by atoms with Crippen LogP contribution in [0.25, 0.3) is 0 Å². The summed E-state index contributed by atoms with van der Waals surface area (Å²) >= 11 is 1.52. The van der Waals surface area contributed by atoms with Gasteiger partial charge in [0.15, 0.2) is 17.2 Å². The molecule has 0 saturated carbocycles. The Morgan fingerprint density at radius 3 is 2.58 bits per heavy atom. The third-order valence-corrected chi connectivity index (χ3v) is 2.85. The van der Waals surface area contributed by atoms with E-state index < -0.39 is 18.1 Å². The Bertz CT molecular complexity index is 479. The second-order valence-electron chi connectivity index (χ2n) is 3.09. The summed E-state index contributed by atoms with van der Waals surface area (Å²) < 4.78 is 50.0. The molecule has 1 rings (SSSR count). The quantitative estimate of drug-likeness (QED) is 0.584. The van der Waals surface area contributed by atoms with Gasteiger partial charge in [0, 0.05) is 0 Å². The van der Waals surface area contributed by atoms with Crippen LogP contribution in [0.1, 0.15) is 17.4 Å². The van der Waals surface area contributed by atoms with Gasteiger partial charge in [-0.05, 0) is 29.5 Å². The fraction of sp³-hybridized carbons (Fsp3) is 0.400. The Morgan fingerprint density at radius 1 is 1.47 bits per heavy atom. The first-order valence-electron chi connectivity index (χ1n) is 4.95. The minimum atomic E-state index is -4.90. The van der Waals surface area contributed by atoms with Crippen molar-refractivity contribution in [1.29, 1.82) is 0 Å². The number of carbonyl (C=O) groups excluding carboxylic acids is 1. The SMILES string of the molecule is CCOC(=O)c1ncc(OC)c(OC(F)(F)F)c1I. The lowest BCUT2D eigenvalue weighted by Crippen LogP contribution is -2.20. The number of rotatable bonds is 4. The largest absolute Gasteiger partial charge is 0.573 e. The van der Waals surface area contributed by atoms with Gasteiger partial charge in [-0.25, -0.2) is 9.78 Å². The van der Waals surface area contributed by atoms with Crippen LogP contribution in [0.2, 0.25) is 0 Å². The van der Waals surface area contributed by atoms with E-state index in [-0.39, 0.29) is 21.6 Å². The lowest BCUT2D eigenvalue weighted by molar-refractivity contribution is -0.275. The van der Waals surface area contributed by atoms with Gasteiger partial charge < -0.3 is 14.2 Å². The first kappa shape index (κ1) is 15.8. The molecule has 0 fully saturated rings. The molecule has 0 bridgehead atoms. The normalized spacial score (nSPS) is 11.1. The van der Waals surface area contributed by atoms with Crippen molar-refractivity contribution in [2.24, 2.45) is 0 Å². The van der Waals surface area contributed by atoms with E-state index in [2.05, 4.69) is 14.5 Å². The van der Waals surface area contributed by atoms with Crippen molar-refractivity contribution in [3.8, 4) is 11.5 Å². The highest BCUT2D eigenvalue weighted by Gasteiger charge is 2.35. The van der Waals surface area contributed by atoms with Gasteiger partial charge in [0.2, 0.25) is 0 Å². The number of nitrogens with zero attached hydrogens (tertiary/aromatic N) is 1. The van der Waals surface area contributed by atoms with Crippen LogP contribution in [-0.2, 0) is 4.74 Å². The summed E-state index contributed by atoms with van der Waals surface area (Å²) in [6, 6.07) is 0. The number of alkyl halides is 3. The van der Waals surface area contributed by atoms with E-state index in [9.17, 15) is 18.0 Å². The number of hydrogen-bond donors (Lipinski definition) is 0. The first-order valence-corrected chi connectivity index (χ1v) is 6.03. The molecule has 0 aliphatic rings. The lowest BCUT2D eigenvalue weighted by atomic mass is 10.3. The minimum absolute atomic E-state index is 0.0814. The molecule has 0 aromatic carbocycles. The molecule has 1 heterocycles. The monoisotopic (exact) mass is 391 g/mol. The number of halogens is 4. The van der Waals surface area contributed by atoms with Crippen LogP contribution in [0, 0.1) is 3.57 Å². The summed E-state index contributed by atoms with van der Waals surface area (Å²) in [5.74, 6) is -1.68. The third kappa shape index (κ3) is 4.11. The van der Waals surface area contributed by atoms with E-state index in [0.717, 1.165) is 6.20 Å². The molecule has 9 heteroatoms. The molecule has 0 aliphatic carbocycles. The van der Waals surface area contributed by atoms with Crippen LogP contribution >= 0.6 is 22.6 Å². The van der Waals surface area contributed by atoms with Crippen molar-refractivity contribution >= 4 is 28.6 Å². The van der Waals surface area contributed by atoms with Crippen molar-refractivity contribution in [2.75, 3.05) is 13.7 Å². The van der Waals surface area contributed by atoms with E-state index in [1.54, 1.807) is 6.92 Å². The standard InChI is InChI=1S/C10H9F3INO4/c1-3-18-9(16)7-6(14)8(19-10(11,12)13)5(17-2)4-15-7/h4H,3H2,1-2H3. The van der Waals surface area contributed by atoms with E-state index in [0.29, 0.717) is 0 Å². The lowest BCUT2D eigenvalue weighted by Gasteiger charge is -2.15. The third-order valence-electron chi connectivity index (χ3n) is 1.85. The van der Waals surface area contributed by atoms with E-state index in [4.69, 9.17) is 4.74 Å². The van der Waals surface area contributed by atoms with Crippen molar-refractivity contribution in [1.82, 2.24) is 4.98 Å². The van der Waals surface area contributed by atoms with Crippen molar-refractivity contribution < 1.29 is 32.2 Å². The number of pyridine rings is 1. The maximum atomic E-state index is 12.3. The van der Waals surface area contributed by atoms with Crippen LogP contribution in [0.15, 0.2) is 6.20 Å². The molecule has 0 unspecified atom stereocenters. The van der Waals surface area contributed by atoms with Crippen LogP contribution in [0.5, 0.6) is 11.5 Å². The molecule has 0 amide bonds. The zero-order chi connectivity index (χ0) is 14.6. The predicted molar refractivity (Wildman–Crippen MR) is 66.1 cm³/mol. The number of methoxy groups -OCH3 is 1.